The maximum Gasteiger partial charge on any atom is 0.224 e. The van der Waals surface area contributed by atoms with Crippen LogP contribution in [0.5, 0.6) is 0 Å². The SMILES string of the molecule is CNc1nccc(NC2CC(OC)C2)n1. The Morgan fingerprint density at radius 1 is 1.47 bits per heavy atom. The average Bonchev–Trinajstić information content (AvgIpc) is 2.23. The van der Waals surface area contributed by atoms with E-state index >= 15 is 0 Å². The van der Waals surface area contributed by atoms with Crippen molar-refractivity contribution in [1.29, 1.82) is 0 Å². The third-order valence-electron chi connectivity index (χ3n) is 2.66. The average molecular weight is 208 g/mol. The smallest absolute Gasteiger partial charge is 0.224 e. The standard InChI is InChI=1S/C10H16N4O/c1-11-10-12-4-3-9(14-10)13-7-5-8(6-7)15-2/h3-4,7-8H,5-6H2,1-2H3,(H2,11,12,13,14). The molecule has 0 bridgehead atoms. The van der Waals surface area contributed by atoms with Gasteiger partial charge in [-0.3, -0.25) is 0 Å². The van der Waals surface area contributed by atoms with Crippen molar-refractivity contribution in [1.82, 2.24) is 9.97 Å². The van der Waals surface area contributed by atoms with Gasteiger partial charge < -0.3 is 15.4 Å². The van der Waals surface area contributed by atoms with Gasteiger partial charge in [0.2, 0.25) is 5.95 Å². The fraction of sp³-hybridized carbons (Fsp3) is 0.600. The maximum absolute atomic E-state index is 5.21. The number of nitrogens with one attached hydrogen (secondary N) is 2. The van der Waals surface area contributed by atoms with E-state index in [0.717, 1.165) is 18.7 Å². The predicted molar refractivity (Wildman–Crippen MR) is 59.0 cm³/mol. The molecule has 1 heterocycles. The summed E-state index contributed by atoms with van der Waals surface area (Å²) in [6.45, 7) is 0. The monoisotopic (exact) mass is 208 g/mol. The van der Waals surface area contributed by atoms with E-state index in [0.29, 0.717) is 18.1 Å². The van der Waals surface area contributed by atoms with Gasteiger partial charge in [0.05, 0.1) is 6.10 Å². The lowest BCUT2D eigenvalue weighted by Gasteiger charge is -2.34. The zero-order valence-electron chi connectivity index (χ0n) is 9.03. The molecular weight excluding hydrogens is 192 g/mol. The van der Waals surface area contributed by atoms with Crippen LogP contribution < -0.4 is 10.6 Å². The Bertz CT molecular complexity index is 325. The lowest BCUT2D eigenvalue weighted by atomic mass is 9.89. The molecule has 0 aromatic carbocycles. The van der Waals surface area contributed by atoms with Crippen LogP contribution in [0.15, 0.2) is 12.3 Å². The van der Waals surface area contributed by atoms with Crippen molar-refractivity contribution in [2.75, 3.05) is 24.8 Å². The molecule has 0 unspecified atom stereocenters. The molecule has 1 aliphatic carbocycles. The third-order valence-corrected chi connectivity index (χ3v) is 2.66. The minimum Gasteiger partial charge on any atom is -0.381 e. The van der Waals surface area contributed by atoms with Gasteiger partial charge in [0.1, 0.15) is 5.82 Å². The highest BCUT2D eigenvalue weighted by atomic mass is 16.5. The summed E-state index contributed by atoms with van der Waals surface area (Å²) in [5, 5.41) is 6.26. The topological polar surface area (TPSA) is 59.1 Å². The van der Waals surface area contributed by atoms with E-state index in [1.54, 1.807) is 13.3 Å². The molecule has 0 spiro atoms. The van der Waals surface area contributed by atoms with E-state index in [-0.39, 0.29) is 0 Å². The number of hydrogen-bond acceptors (Lipinski definition) is 5. The third kappa shape index (κ3) is 2.36. The fourth-order valence-corrected chi connectivity index (χ4v) is 1.64. The van der Waals surface area contributed by atoms with Crippen molar-refractivity contribution in [2.45, 2.75) is 25.0 Å². The summed E-state index contributed by atoms with van der Waals surface area (Å²) in [4.78, 5) is 8.34. The van der Waals surface area contributed by atoms with Gasteiger partial charge in [0.15, 0.2) is 0 Å². The van der Waals surface area contributed by atoms with Gasteiger partial charge in [-0.25, -0.2) is 4.98 Å². The zero-order valence-corrected chi connectivity index (χ0v) is 9.03. The van der Waals surface area contributed by atoms with Gasteiger partial charge >= 0.3 is 0 Å². The van der Waals surface area contributed by atoms with Crippen molar-refractivity contribution < 1.29 is 4.74 Å². The Balaban J connectivity index is 1.88. The molecule has 2 rings (SSSR count). The first-order valence-corrected chi connectivity index (χ1v) is 5.12. The molecule has 5 heteroatoms. The van der Waals surface area contributed by atoms with E-state index < -0.39 is 0 Å². The minimum atomic E-state index is 0.410. The van der Waals surface area contributed by atoms with E-state index in [1.807, 2.05) is 13.1 Å². The maximum atomic E-state index is 5.21. The van der Waals surface area contributed by atoms with E-state index in [1.165, 1.54) is 0 Å². The zero-order chi connectivity index (χ0) is 10.7. The second kappa shape index (κ2) is 4.44. The summed E-state index contributed by atoms with van der Waals surface area (Å²) < 4.78 is 5.21. The summed E-state index contributed by atoms with van der Waals surface area (Å²) in [6, 6.07) is 2.36. The molecule has 0 atom stereocenters. The van der Waals surface area contributed by atoms with Crippen molar-refractivity contribution in [3.8, 4) is 0 Å². The van der Waals surface area contributed by atoms with Gasteiger partial charge in [0, 0.05) is 26.4 Å². The number of anilines is 2. The van der Waals surface area contributed by atoms with Gasteiger partial charge in [-0.2, -0.15) is 4.98 Å². The Labute approximate surface area is 89.3 Å². The van der Waals surface area contributed by atoms with E-state index in [2.05, 4.69) is 20.6 Å². The Kier molecular flexibility index (Phi) is 3.01. The summed E-state index contributed by atoms with van der Waals surface area (Å²) in [5.41, 5.74) is 0. The molecule has 1 fully saturated rings. The molecule has 1 aromatic rings. The molecule has 82 valence electrons. The normalized spacial score (nSPS) is 24.4. The van der Waals surface area contributed by atoms with Crippen LogP contribution in [0.25, 0.3) is 0 Å². The van der Waals surface area contributed by atoms with Crippen LogP contribution in [-0.4, -0.2) is 36.3 Å². The van der Waals surface area contributed by atoms with E-state index in [9.17, 15) is 0 Å². The largest absolute Gasteiger partial charge is 0.381 e. The predicted octanol–water partition coefficient (Wildman–Crippen LogP) is 1.11. The van der Waals surface area contributed by atoms with Crippen LogP contribution in [0.4, 0.5) is 11.8 Å². The quantitative estimate of drug-likeness (QED) is 0.776. The van der Waals surface area contributed by atoms with Crippen LogP contribution in [0.1, 0.15) is 12.8 Å². The van der Waals surface area contributed by atoms with Crippen molar-refractivity contribution in [3.63, 3.8) is 0 Å². The lowest BCUT2D eigenvalue weighted by molar-refractivity contribution is 0.0328. The summed E-state index contributed by atoms with van der Waals surface area (Å²) in [5.74, 6) is 1.51. The number of aromatic nitrogens is 2. The lowest BCUT2D eigenvalue weighted by Crippen LogP contribution is -2.40. The van der Waals surface area contributed by atoms with Gasteiger partial charge in [-0.15, -0.1) is 0 Å². The van der Waals surface area contributed by atoms with Crippen LogP contribution >= 0.6 is 0 Å². The Hall–Kier alpha value is -1.36. The highest BCUT2D eigenvalue weighted by Gasteiger charge is 2.28. The first kappa shape index (κ1) is 10.2. The first-order chi connectivity index (χ1) is 7.31. The second-order valence-electron chi connectivity index (χ2n) is 3.69. The molecule has 1 aliphatic rings. The van der Waals surface area contributed by atoms with E-state index in [4.69, 9.17) is 4.74 Å². The highest BCUT2D eigenvalue weighted by molar-refractivity contribution is 5.40. The molecule has 0 amide bonds. The number of ether oxygens (including phenoxy) is 1. The van der Waals surface area contributed by atoms with Crippen LogP contribution in [-0.2, 0) is 4.74 Å². The Morgan fingerprint density at radius 3 is 2.93 bits per heavy atom. The van der Waals surface area contributed by atoms with Crippen LogP contribution in [0.2, 0.25) is 0 Å². The molecule has 0 aliphatic heterocycles. The minimum absolute atomic E-state index is 0.410. The number of nitrogens with zero attached hydrogens (tertiary/aromatic N) is 2. The highest BCUT2D eigenvalue weighted by Crippen LogP contribution is 2.25. The van der Waals surface area contributed by atoms with Gasteiger partial charge in [0.25, 0.3) is 0 Å². The summed E-state index contributed by atoms with van der Waals surface area (Å²) in [7, 11) is 3.56. The fourth-order valence-electron chi connectivity index (χ4n) is 1.64. The molecule has 2 N–H and O–H groups in total. The van der Waals surface area contributed by atoms with Gasteiger partial charge in [-0.1, -0.05) is 0 Å². The number of hydrogen-bond donors (Lipinski definition) is 2. The van der Waals surface area contributed by atoms with Crippen LogP contribution in [0, 0.1) is 0 Å². The first-order valence-electron chi connectivity index (χ1n) is 5.12. The number of methoxy groups -OCH3 is 1. The molecule has 0 radical (unpaired) electrons. The second-order valence-corrected chi connectivity index (χ2v) is 3.69. The summed E-state index contributed by atoms with van der Waals surface area (Å²) >= 11 is 0. The van der Waals surface area contributed by atoms with Crippen molar-refractivity contribution in [3.05, 3.63) is 12.3 Å². The Morgan fingerprint density at radius 2 is 2.27 bits per heavy atom. The van der Waals surface area contributed by atoms with Crippen LogP contribution in [0.3, 0.4) is 0 Å². The molecule has 1 aromatic heterocycles. The molecule has 1 saturated carbocycles. The van der Waals surface area contributed by atoms with Crippen molar-refractivity contribution in [2.24, 2.45) is 0 Å². The van der Waals surface area contributed by atoms with Gasteiger partial charge in [-0.05, 0) is 18.9 Å². The number of rotatable bonds is 4. The molecule has 5 nitrogen and oxygen atoms in total. The molecule has 15 heavy (non-hydrogen) atoms. The molecule has 0 saturated heterocycles. The molecular formula is C10H16N4O. The summed E-state index contributed by atoms with van der Waals surface area (Å²) in [6.07, 6.45) is 4.26. The van der Waals surface area contributed by atoms with Crippen molar-refractivity contribution >= 4 is 11.8 Å².